The molecule has 88 valence electrons. The molecule has 1 fully saturated rings. The number of hydrogen-bond acceptors (Lipinski definition) is 4. The van der Waals surface area contributed by atoms with Crippen molar-refractivity contribution in [3.63, 3.8) is 0 Å². The van der Waals surface area contributed by atoms with Crippen LogP contribution in [0.3, 0.4) is 0 Å². The summed E-state index contributed by atoms with van der Waals surface area (Å²) in [7, 11) is 2.14. The van der Waals surface area contributed by atoms with Crippen molar-refractivity contribution in [1.82, 2.24) is 14.9 Å². The summed E-state index contributed by atoms with van der Waals surface area (Å²) in [5.41, 5.74) is 0. The first kappa shape index (κ1) is 11.6. The number of hydrogen-bond donors (Lipinski definition) is 0. The molecule has 1 aliphatic rings. The van der Waals surface area contributed by atoms with Gasteiger partial charge >= 0.3 is 0 Å². The van der Waals surface area contributed by atoms with Gasteiger partial charge in [-0.1, -0.05) is 11.6 Å². The summed E-state index contributed by atoms with van der Waals surface area (Å²) < 4.78 is 5.77. The number of rotatable bonds is 2. The Balaban J connectivity index is 1.95. The molecule has 0 amide bonds. The molecular formula is C11H16ClN3O. The maximum Gasteiger partial charge on any atom is 0.234 e. The second-order valence-electron chi connectivity index (χ2n) is 4.27. The van der Waals surface area contributed by atoms with Crippen LogP contribution < -0.4 is 4.74 Å². The topological polar surface area (TPSA) is 38.3 Å². The number of piperidine rings is 1. The van der Waals surface area contributed by atoms with Crippen LogP contribution in [0, 0.1) is 0 Å². The highest BCUT2D eigenvalue weighted by molar-refractivity contribution is 6.29. The number of nitrogens with zero attached hydrogens (tertiary/aromatic N) is 3. The highest BCUT2D eigenvalue weighted by atomic mass is 35.5. The smallest absolute Gasteiger partial charge is 0.234 e. The fourth-order valence-electron chi connectivity index (χ4n) is 1.91. The molecule has 0 bridgehead atoms. The largest absolute Gasteiger partial charge is 0.473 e. The molecule has 2 unspecified atom stereocenters. The summed E-state index contributed by atoms with van der Waals surface area (Å²) in [6.45, 7) is 3.26. The molecule has 0 saturated carbocycles. The van der Waals surface area contributed by atoms with Crippen LogP contribution in [0.25, 0.3) is 0 Å². The Hall–Kier alpha value is -0.870. The number of likely N-dealkylation sites (tertiary alicyclic amines) is 1. The molecule has 16 heavy (non-hydrogen) atoms. The monoisotopic (exact) mass is 241 g/mol. The lowest BCUT2D eigenvalue weighted by atomic mass is 10.0. The Morgan fingerprint density at radius 3 is 3.00 bits per heavy atom. The number of halogens is 1. The van der Waals surface area contributed by atoms with Crippen LogP contribution in [0.15, 0.2) is 12.4 Å². The zero-order chi connectivity index (χ0) is 11.5. The van der Waals surface area contributed by atoms with Crippen molar-refractivity contribution in [1.29, 1.82) is 0 Å². The van der Waals surface area contributed by atoms with E-state index in [1.54, 1.807) is 6.20 Å². The van der Waals surface area contributed by atoms with Gasteiger partial charge in [-0.3, -0.25) is 4.98 Å². The van der Waals surface area contributed by atoms with Gasteiger partial charge in [-0.2, -0.15) is 4.98 Å². The fraction of sp³-hybridized carbons (Fsp3) is 0.636. The molecule has 5 heteroatoms. The van der Waals surface area contributed by atoms with Crippen molar-refractivity contribution in [3.8, 4) is 5.88 Å². The van der Waals surface area contributed by atoms with Gasteiger partial charge in [0.2, 0.25) is 5.88 Å². The number of ether oxygens (including phenoxy) is 1. The van der Waals surface area contributed by atoms with E-state index in [-0.39, 0.29) is 6.10 Å². The average Bonchev–Trinajstić information content (AvgIpc) is 2.24. The Morgan fingerprint density at radius 2 is 2.31 bits per heavy atom. The first-order valence-corrected chi connectivity index (χ1v) is 5.87. The van der Waals surface area contributed by atoms with Gasteiger partial charge in [-0.05, 0) is 26.8 Å². The first-order chi connectivity index (χ1) is 7.65. The van der Waals surface area contributed by atoms with E-state index in [9.17, 15) is 0 Å². The van der Waals surface area contributed by atoms with Crippen LogP contribution in [0.1, 0.15) is 19.8 Å². The lowest BCUT2D eigenvalue weighted by Crippen LogP contribution is -2.42. The van der Waals surface area contributed by atoms with E-state index in [1.807, 2.05) is 0 Å². The Bertz CT molecular complexity index is 361. The van der Waals surface area contributed by atoms with Crippen LogP contribution in [-0.4, -0.2) is 40.6 Å². The van der Waals surface area contributed by atoms with Crippen molar-refractivity contribution in [3.05, 3.63) is 17.5 Å². The molecule has 1 saturated heterocycles. The molecule has 2 atom stereocenters. The minimum Gasteiger partial charge on any atom is -0.473 e. The van der Waals surface area contributed by atoms with E-state index in [4.69, 9.17) is 16.3 Å². The van der Waals surface area contributed by atoms with E-state index >= 15 is 0 Å². The SMILES string of the molecule is CC1CC(Oc2cncc(Cl)n2)CCN1C. The predicted molar refractivity (Wildman–Crippen MR) is 62.8 cm³/mol. The van der Waals surface area contributed by atoms with Gasteiger partial charge in [0.1, 0.15) is 6.10 Å². The lowest BCUT2D eigenvalue weighted by molar-refractivity contribution is 0.0756. The van der Waals surface area contributed by atoms with Gasteiger partial charge in [-0.25, -0.2) is 0 Å². The molecule has 0 N–H and O–H groups in total. The van der Waals surface area contributed by atoms with E-state index in [0.29, 0.717) is 17.1 Å². The summed E-state index contributed by atoms with van der Waals surface area (Å²) in [5.74, 6) is 0.522. The molecule has 0 radical (unpaired) electrons. The Kier molecular flexibility index (Phi) is 3.61. The van der Waals surface area contributed by atoms with Crippen molar-refractivity contribution in [2.24, 2.45) is 0 Å². The quantitative estimate of drug-likeness (QED) is 0.794. The van der Waals surface area contributed by atoms with E-state index < -0.39 is 0 Å². The third kappa shape index (κ3) is 2.83. The van der Waals surface area contributed by atoms with Gasteiger partial charge in [0, 0.05) is 12.6 Å². The van der Waals surface area contributed by atoms with E-state index in [0.717, 1.165) is 19.4 Å². The summed E-state index contributed by atoms with van der Waals surface area (Å²) >= 11 is 5.75. The summed E-state index contributed by atoms with van der Waals surface area (Å²) in [4.78, 5) is 10.4. The van der Waals surface area contributed by atoms with Crippen LogP contribution in [0.5, 0.6) is 5.88 Å². The normalized spacial score (nSPS) is 26.7. The number of aromatic nitrogens is 2. The van der Waals surface area contributed by atoms with E-state index in [1.165, 1.54) is 6.20 Å². The first-order valence-electron chi connectivity index (χ1n) is 5.49. The van der Waals surface area contributed by atoms with Crippen LogP contribution in [0.2, 0.25) is 5.15 Å². The maximum atomic E-state index is 5.77. The standard InChI is InChI=1S/C11H16ClN3O/c1-8-5-9(3-4-15(8)2)16-11-7-13-6-10(12)14-11/h6-9H,3-5H2,1-2H3. The summed E-state index contributed by atoms with van der Waals surface area (Å²) in [6.07, 6.45) is 5.37. The molecule has 0 aromatic carbocycles. The van der Waals surface area contributed by atoms with Gasteiger partial charge in [0.05, 0.1) is 12.4 Å². The molecule has 1 aromatic rings. The highest BCUT2D eigenvalue weighted by Gasteiger charge is 2.24. The van der Waals surface area contributed by atoms with Crippen LogP contribution >= 0.6 is 11.6 Å². The van der Waals surface area contributed by atoms with Gasteiger partial charge in [0.25, 0.3) is 0 Å². The third-order valence-corrected chi connectivity index (χ3v) is 3.21. The van der Waals surface area contributed by atoms with Gasteiger partial charge in [0.15, 0.2) is 5.15 Å². The van der Waals surface area contributed by atoms with Gasteiger partial charge in [-0.15, -0.1) is 0 Å². The summed E-state index contributed by atoms with van der Waals surface area (Å²) in [5, 5.41) is 0.374. The second kappa shape index (κ2) is 4.97. The minimum atomic E-state index is 0.221. The Labute approximate surface area is 101 Å². The predicted octanol–water partition coefficient (Wildman–Crippen LogP) is 1.99. The van der Waals surface area contributed by atoms with Crippen molar-refractivity contribution < 1.29 is 4.74 Å². The van der Waals surface area contributed by atoms with Gasteiger partial charge < -0.3 is 9.64 Å². The molecule has 1 aliphatic heterocycles. The lowest BCUT2D eigenvalue weighted by Gasteiger charge is -2.34. The molecule has 0 spiro atoms. The molecule has 0 aliphatic carbocycles. The zero-order valence-corrected chi connectivity index (χ0v) is 10.3. The third-order valence-electron chi connectivity index (χ3n) is 3.03. The van der Waals surface area contributed by atoms with Crippen LogP contribution in [-0.2, 0) is 0 Å². The average molecular weight is 242 g/mol. The second-order valence-corrected chi connectivity index (χ2v) is 4.66. The minimum absolute atomic E-state index is 0.221. The Morgan fingerprint density at radius 1 is 1.50 bits per heavy atom. The molecule has 4 nitrogen and oxygen atoms in total. The van der Waals surface area contributed by atoms with Crippen molar-refractivity contribution in [2.75, 3.05) is 13.6 Å². The molecule has 2 rings (SSSR count). The van der Waals surface area contributed by atoms with Crippen molar-refractivity contribution in [2.45, 2.75) is 31.9 Å². The fourth-order valence-corrected chi connectivity index (χ4v) is 2.05. The summed E-state index contributed by atoms with van der Waals surface area (Å²) in [6, 6.07) is 0.547. The molecular weight excluding hydrogens is 226 g/mol. The highest BCUT2D eigenvalue weighted by Crippen LogP contribution is 2.20. The van der Waals surface area contributed by atoms with Crippen molar-refractivity contribution >= 4 is 11.6 Å². The maximum absolute atomic E-state index is 5.77. The van der Waals surface area contributed by atoms with Crippen LogP contribution in [0.4, 0.5) is 0 Å². The van der Waals surface area contributed by atoms with E-state index in [2.05, 4.69) is 28.8 Å². The molecule has 2 heterocycles. The zero-order valence-electron chi connectivity index (χ0n) is 9.56. The molecule has 1 aromatic heterocycles.